The van der Waals surface area contributed by atoms with Crippen LogP contribution in [0.3, 0.4) is 0 Å². The number of nitrogens with zero attached hydrogens (tertiary/aromatic N) is 2. The minimum absolute atomic E-state index is 0.00414. The molecule has 1 aliphatic rings. The Hall–Kier alpha value is -3.72. The maximum Gasteiger partial charge on any atom is 0.274 e. The van der Waals surface area contributed by atoms with Gasteiger partial charge in [0.15, 0.2) is 0 Å². The van der Waals surface area contributed by atoms with E-state index >= 15 is 0 Å². The molecule has 1 atom stereocenters. The second kappa shape index (κ2) is 8.08. The number of nitro groups is 1. The van der Waals surface area contributed by atoms with Gasteiger partial charge in [0.2, 0.25) is 0 Å². The second-order valence-electron chi connectivity index (χ2n) is 7.67. The summed E-state index contributed by atoms with van der Waals surface area (Å²) in [5.74, 6) is -0.555. The predicted octanol–water partition coefficient (Wildman–Crippen LogP) is 4.30. The third-order valence-electron chi connectivity index (χ3n) is 5.55. The lowest BCUT2D eigenvalue weighted by molar-refractivity contribution is -0.385. The van der Waals surface area contributed by atoms with Crippen LogP contribution in [0.4, 0.5) is 17.1 Å². The molecule has 1 N–H and O–H groups in total. The third kappa shape index (κ3) is 3.71. The number of amides is 1. The van der Waals surface area contributed by atoms with Gasteiger partial charge in [-0.25, -0.2) is 8.42 Å². The summed E-state index contributed by atoms with van der Waals surface area (Å²) in [7, 11) is -3.89. The highest BCUT2D eigenvalue weighted by Gasteiger charge is 2.36. The first-order valence-corrected chi connectivity index (χ1v) is 11.4. The summed E-state index contributed by atoms with van der Waals surface area (Å²) in [4.78, 5) is 23.5. The first-order valence-electron chi connectivity index (χ1n) is 9.98. The van der Waals surface area contributed by atoms with Gasteiger partial charge in [0.1, 0.15) is 0 Å². The summed E-state index contributed by atoms with van der Waals surface area (Å²) in [5, 5.41) is 13.8. The van der Waals surface area contributed by atoms with Crippen molar-refractivity contribution in [1.29, 1.82) is 0 Å². The minimum atomic E-state index is -3.89. The Labute approximate surface area is 185 Å². The topological polar surface area (TPSA) is 110 Å². The zero-order valence-electron chi connectivity index (χ0n) is 17.5. The van der Waals surface area contributed by atoms with Crippen LogP contribution in [0.2, 0.25) is 0 Å². The van der Waals surface area contributed by atoms with Gasteiger partial charge in [0, 0.05) is 17.7 Å². The average molecular weight is 452 g/mol. The van der Waals surface area contributed by atoms with Crippen molar-refractivity contribution >= 4 is 33.0 Å². The molecule has 1 amide bonds. The molecule has 32 heavy (non-hydrogen) atoms. The summed E-state index contributed by atoms with van der Waals surface area (Å²) < 4.78 is 28.3. The van der Waals surface area contributed by atoms with Gasteiger partial charge in [-0.15, -0.1) is 0 Å². The minimum Gasteiger partial charge on any atom is -0.321 e. The number of rotatable bonds is 5. The lowest BCUT2D eigenvalue weighted by Gasteiger charge is -2.24. The first-order chi connectivity index (χ1) is 15.2. The van der Waals surface area contributed by atoms with E-state index in [2.05, 4.69) is 5.32 Å². The van der Waals surface area contributed by atoms with Gasteiger partial charge in [-0.1, -0.05) is 30.3 Å². The van der Waals surface area contributed by atoms with Crippen LogP contribution >= 0.6 is 0 Å². The molecule has 0 aliphatic carbocycles. The summed E-state index contributed by atoms with van der Waals surface area (Å²) in [5.41, 5.74) is 2.23. The van der Waals surface area contributed by atoms with Crippen molar-refractivity contribution in [3.8, 4) is 0 Å². The highest BCUT2D eigenvalue weighted by molar-refractivity contribution is 7.92. The lowest BCUT2D eigenvalue weighted by atomic mass is 10.1. The summed E-state index contributed by atoms with van der Waals surface area (Å²) in [6.07, 6.45) is 0.613. The molecule has 164 valence electrons. The molecule has 0 saturated heterocycles. The number of anilines is 2. The number of sulfonamides is 1. The van der Waals surface area contributed by atoms with Crippen LogP contribution in [0, 0.1) is 17.0 Å². The van der Waals surface area contributed by atoms with E-state index in [9.17, 15) is 23.3 Å². The van der Waals surface area contributed by atoms with E-state index in [0.717, 1.165) is 5.56 Å². The molecule has 3 aromatic carbocycles. The number of para-hydroxylation sites is 1. The molecule has 0 spiro atoms. The van der Waals surface area contributed by atoms with Crippen molar-refractivity contribution in [2.45, 2.75) is 31.2 Å². The fourth-order valence-corrected chi connectivity index (χ4v) is 5.70. The number of nitro benzene ring substituents is 1. The van der Waals surface area contributed by atoms with E-state index in [-0.39, 0.29) is 22.2 Å². The van der Waals surface area contributed by atoms with E-state index in [1.807, 2.05) is 19.1 Å². The highest BCUT2D eigenvalue weighted by Crippen LogP contribution is 2.36. The predicted molar refractivity (Wildman–Crippen MR) is 122 cm³/mol. The van der Waals surface area contributed by atoms with Crippen molar-refractivity contribution in [2.75, 3.05) is 9.62 Å². The van der Waals surface area contributed by atoms with Gasteiger partial charge < -0.3 is 5.32 Å². The number of benzene rings is 3. The van der Waals surface area contributed by atoms with Crippen LogP contribution < -0.4 is 9.62 Å². The number of fused-ring (bicyclic) bond motifs is 1. The zero-order valence-corrected chi connectivity index (χ0v) is 18.3. The van der Waals surface area contributed by atoms with Crippen LogP contribution in [-0.4, -0.2) is 25.3 Å². The maximum absolute atomic E-state index is 13.4. The summed E-state index contributed by atoms with van der Waals surface area (Å²) in [6, 6.07) is 17.3. The number of carbonyl (C=O) groups is 1. The fourth-order valence-electron chi connectivity index (χ4n) is 3.97. The molecule has 1 aliphatic heterocycles. The van der Waals surface area contributed by atoms with Crippen molar-refractivity contribution in [3.63, 3.8) is 0 Å². The second-order valence-corrected chi connectivity index (χ2v) is 9.49. The van der Waals surface area contributed by atoms with Crippen molar-refractivity contribution < 1.29 is 18.1 Å². The summed E-state index contributed by atoms with van der Waals surface area (Å²) in [6.45, 7) is 3.39. The molecule has 0 fully saturated rings. The van der Waals surface area contributed by atoms with Crippen LogP contribution in [0.15, 0.2) is 71.6 Å². The SMILES string of the molecule is Cc1c(NC(=O)c2cccc(S(=O)(=O)N3c4ccccc4CC3C)c2)cccc1[N+](=O)[O-]. The van der Waals surface area contributed by atoms with E-state index in [0.29, 0.717) is 23.4 Å². The molecule has 0 radical (unpaired) electrons. The Kier molecular flexibility index (Phi) is 5.43. The Balaban J connectivity index is 1.65. The third-order valence-corrected chi connectivity index (χ3v) is 7.47. The summed E-state index contributed by atoms with van der Waals surface area (Å²) >= 11 is 0. The van der Waals surface area contributed by atoms with Crippen molar-refractivity contribution in [1.82, 2.24) is 0 Å². The van der Waals surface area contributed by atoms with E-state index in [1.54, 1.807) is 25.1 Å². The lowest BCUT2D eigenvalue weighted by Crippen LogP contribution is -2.35. The Bertz CT molecular complexity index is 1340. The molecule has 3 aromatic rings. The molecule has 0 aromatic heterocycles. The Morgan fingerprint density at radius 2 is 1.81 bits per heavy atom. The standard InChI is InChI=1S/C23H21N3O5S/c1-15-13-17-7-3-4-11-22(17)25(15)32(30,31)19-9-5-8-18(14-19)23(27)24-20-10-6-12-21(16(20)2)26(28)29/h3-12,14-15H,13H2,1-2H3,(H,24,27). The normalized spacial score (nSPS) is 15.3. The molecular weight excluding hydrogens is 430 g/mol. The molecule has 1 unspecified atom stereocenters. The molecule has 4 rings (SSSR count). The smallest absolute Gasteiger partial charge is 0.274 e. The number of hydrogen-bond donors (Lipinski definition) is 1. The number of carbonyl (C=O) groups excluding carboxylic acids is 1. The van der Waals surface area contributed by atoms with Gasteiger partial charge in [-0.3, -0.25) is 19.2 Å². The van der Waals surface area contributed by atoms with Gasteiger partial charge >= 0.3 is 0 Å². The number of hydrogen-bond acceptors (Lipinski definition) is 5. The molecule has 0 saturated carbocycles. The quantitative estimate of drug-likeness (QED) is 0.460. The van der Waals surface area contributed by atoms with Crippen LogP contribution in [0.1, 0.15) is 28.4 Å². The zero-order chi connectivity index (χ0) is 23.0. The molecule has 1 heterocycles. The van der Waals surface area contributed by atoms with Gasteiger partial charge in [-0.2, -0.15) is 0 Å². The molecule has 8 nitrogen and oxygen atoms in total. The average Bonchev–Trinajstić information content (AvgIpc) is 3.11. The van der Waals surface area contributed by atoms with E-state index < -0.39 is 20.9 Å². The largest absolute Gasteiger partial charge is 0.321 e. The van der Waals surface area contributed by atoms with Gasteiger partial charge in [0.25, 0.3) is 21.6 Å². The van der Waals surface area contributed by atoms with E-state index in [1.165, 1.54) is 40.7 Å². The Morgan fingerprint density at radius 3 is 2.56 bits per heavy atom. The van der Waals surface area contributed by atoms with E-state index in [4.69, 9.17) is 0 Å². The molecule has 0 bridgehead atoms. The van der Waals surface area contributed by atoms with Crippen LogP contribution in [0.5, 0.6) is 0 Å². The maximum atomic E-state index is 13.4. The number of nitrogens with one attached hydrogen (secondary N) is 1. The fraction of sp³-hybridized carbons (Fsp3) is 0.174. The van der Waals surface area contributed by atoms with Gasteiger partial charge in [0.05, 0.1) is 26.8 Å². The Morgan fingerprint density at radius 1 is 1.09 bits per heavy atom. The molecule has 9 heteroatoms. The monoisotopic (exact) mass is 451 g/mol. The highest BCUT2D eigenvalue weighted by atomic mass is 32.2. The van der Waals surface area contributed by atoms with Crippen LogP contribution in [-0.2, 0) is 16.4 Å². The first kappa shape index (κ1) is 21.5. The van der Waals surface area contributed by atoms with Crippen molar-refractivity contribution in [3.05, 3.63) is 93.5 Å². The van der Waals surface area contributed by atoms with Crippen molar-refractivity contribution in [2.24, 2.45) is 0 Å². The van der Waals surface area contributed by atoms with Gasteiger partial charge in [-0.05, 0) is 56.2 Å². The molecular formula is C23H21N3O5S. The van der Waals surface area contributed by atoms with Crippen LogP contribution in [0.25, 0.3) is 0 Å².